The molecule has 0 radical (unpaired) electrons. The lowest BCUT2D eigenvalue weighted by Crippen LogP contribution is -2.14. The van der Waals surface area contributed by atoms with E-state index in [1.54, 1.807) is 0 Å². The van der Waals surface area contributed by atoms with Crippen LogP contribution in [0.25, 0.3) is 103 Å². The minimum Gasteiger partial charge on any atom is -0.310 e. The number of para-hydroxylation sites is 1. The van der Waals surface area contributed by atoms with Crippen LogP contribution in [0.4, 0.5) is 34.1 Å². The molecule has 0 fully saturated rings. The maximum atomic E-state index is 2.48. The zero-order chi connectivity index (χ0) is 49.4. The van der Waals surface area contributed by atoms with E-state index in [-0.39, 0.29) is 0 Å². The van der Waals surface area contributed by atoms with Crippen molar-refractivity contribution in [3.63, 3.8) is 0 Å². The molecular formula is C72H47N3. The van der Waals surface area contributed by atoms with Crippen LogP contribution in [0.5, 0.6) is 0 Å². The summed E-state index contributed by atoms with van der Waals surface area (Å²) in [5.41, 5.74) is 12.2. The van der Waals surface area contributed by atoms with E-state index in [9.17, 15) is 0 Å². The number of rotatable bonds is 8. The van der Waals surface area contributed by atoms with Crippen LogP contribution in [0.2, 0.25) is 0 Å². The molecule has 15 aromatic rings. The average molecular weight is 954 g/mol. The molecule has 0 N–H and O–H groups in total. The molecule has 3 nitrogen and oxygen atoms in total. The third kappa shape index (κ3) is 7.20. The third-order valence-corrected chi connectivity index (χ3v) is 15.4. The second kappa shape index (κ2) is 17.4. The maximum Gasteiger partial charge on any atom is 0.0625 e. The van der Waals surface area contributed by atoms with Crippen molar-refractivity contribution in [2.75, 3.05) is 9.80 Å². The molecule has 75 heavy (non-hydrogen) atoms. The van der Waals surface area contributed by atoms with Gasteiger partial charge in [-0.15, -0.1) is 0 Å². The lowest BCUT2D eigenvalue weighted by molar-refractivity contribution is 1.19. The number of hydrogen-bond acceptors (Lipinski definition) is 2. The van der Waals surface area contributed by atoms with E-state index < -0.39 is 0 Å². The molecule has 0 saturated heterocycles. The molecular weight excluding hydrogens is 907 g/mol. The predicted octanol–water partition coefficient (Wildman–Crippen LogP) is 20.3. The van der Waals surface area contributed by atoms with Crippen molar-refractivity contribution >= 4 is 121 Å². The fourth-order valence-electron chi connectivity index (χ4n) is 11.9. The molecule has 1 aromatic heterocycles. The lowest BCUT2D eigenvalue weighted by Gasteiger charge is -2.31. The van der Waals surface area contributed by atoms with Gasteiger partial charge in [-0.2, -0.15) is 0 Å². The highest BCUT2D eigenvalue weighted by Gasteiger charge is 2.23. The summed E-state index contributed by atoms with van der Waals surface area (Å²) >= 11 is 0. The first kappa shape index (κ1) is 42.7. The van der Waals surface area contributed by atoms with Crippen molar-refractivity contribution in [1.29, 1.82) is 0 Å². The highest BCUT2D eigenvalue weighted by molar-refractivity contribution is 6.32. The second-order valence-electron chi connectivity index (χ2n) is 19.8. The highest BCUT2D eigenvalue weighted by Crippen LogP contribution is 2.48. The number of fused-ring (bicyclic) bond motifs is 12. The van der Waals surface area contributed by atoms with Gasteiger partial charge in [-0.05, 0) is 161 Å². The zero-order valence-corrected chi connectivity index (χ0v) is 41.0. The number of hydrogen-bond donors (Lipinski definition) is 0. The van der Waals surface area contributed by atoms with Crippen molar-refractivity contribution < 1.29 is 0 Å². The first-order chi connectivity index (χ1) is 37.2. The van der Waals surface area contributed by atoms with Crippen LogP contribution in [0.1, 0.15) is 0 Å². The number of nitrogens with zero attached hydrogens (tertiary/aromatic N) is 3. The Balaban J connectivity index is 1.05. The maximum absolute atomic E-state index is 2.48. The molecule has 14 aromatic carbocycles. The minimum atomic E-state index is 1.04. The van der Waals surface area contributed by atoms with Gasteiger partial charge < -0.3 is 14.4 Å². The normalized spacial score (nSPS) is 11.7. The number of anilines is 6. The third-order valence-electron chi connectivity index (χ3n) is 15.4. The zero-order valence-electron chi connectivity index (χ0n) is 41.0. The van der Waals surface area contributed by atoms with Crippen LogP contribution in [-0.4, -0.2) is 4.57 Å². The SMILES string of the molecule is c1ccc(-n2c3ccc(-c4cc(N(c5ccc6ccccc6c5)c5ccc6ccccc6c5)cc(N(c5ccc6ccccc6c5)c5ccc6ccccc6c5)c4)cc3c3c4ccccc4c4ccccc4c32)cc1. The summed E-state index contributed by atoms with van der Waals surface area (Å²) in [5.74, 6) is 0. The van der Waals surface area contributed by atoms with Crippen molar-refractivity contribution in [3.05, 3.63) is 285 Å². The molecule has 0 bridgehead atoms. The van der Waals surface area contributed by atoms with Gasteiger partial charge in [0.2, 0.25) is 0 Å². The monoisotopic (exact) mass is 953 g/mol. The lowest BCUT2D eigenvalue weighted by atomic mass is 9.95. The summed E-state index contributed by atoms with van der Waals surface area (Å²) in [7, 11) is 0. The molecule has 3 heteroatoms. The molecule has 0 spiro atoms. The molecule has 0 aliphatic heterocycles. The smallest absolute Gasteiger partial charge is 0.0625 e. The van der Waals surface area contributed by atoms with Gasteiger partial charge >= 0.3 is 0 Å². The Morgan fingerprint density at radius 1 is 0.227 bits per heavy atom. The summed E-state index contributed by atoms with van der Waals surface area (Å²) in [6.07, 6.45) is 0. The quantitative estimate of drug-likeness (QED) is 0.141. The van der Waals surface area contributed by atoms with E-state index in [0.717, 1.165) is 50.9 Å². The van der Waals surface area contributed by atoms with E-state index in [1.165, 1.54) is 86.4 Å². The Hall–Kier alpha value is -9.96. The van der Waals surface area contributed by atoms with Gasteiger partial charge in [0.25, 0.3) is 0 Å². The van der Waals surface area contributed by atoms with Crippen LogP contribution >= 0.6 is 0 Å². The molecule has 1 heterocycles. The Kier molecular flexibility index (Phi) is 9.89. The topological polar surface area (TPSA) is 11.4 Å². The van der Waals surface area contributed by atoms with Crippen molar-refractivity contribution in [2.24, 2.45) is 0 Å². The number of benzene rings is 14. The Labute approximate surface area is 434 Å². The highest BCUT2D eigenvalue weighted by atomic mass is 15.2. The van der Waals surface area contributed by atoms with E-state index in [0.29, 0.717) is 0 Å². The van der Waals surface area contributed by atoms with E-state index in [2.05, 4.69) is 299 Å². The van der Waals surface area contributed by atoms with Gasteiger partial charge in [0, 0.05) is 56.0 Å². The molecule has 15 rings (SSSR count). The second-order valence-corrected chi connectivity index (χ2v) is 19.8. The van der Waals surface area contributed by atoms with Crippen LogP contribution < -0.4 is 9.80 Å². The Bertz CT molecular complexity index is 4400. The Morgan fingerprint density at radius 2 is 0.613 bits per heavy atom. The van der Waals surface area contributed by atoms with Crippen LogP contribution in [0.15, 0.2) is 285 Å². The van der Waals surface area contributed by atoms with Gasteiger partial charge in [-0.1, -0.05) is 194 Å². The van der Waals surface area contributed by atoms with Gasteiger partial charge in [-0.25, -0.2) is 0 Å². The summed E-state index contributed by atoms with van der Waals surface area (Å²) in [4.78, 5) is 4.90. The fourth-order valence-corrected chi connectivity index (χ4v) is 11.9. The molecule has 350 valence electrons. The Morgan fingerprint density at radius 3 is 1.08 bits per heavy atom. The van der Waals surface area contributed by atoms with E-state index >= 15 is 0 Å². The van der Waals surface area contributed by atoms with Gasteiger partial charge in [0.15, 0.2) is 0 Å². The van der Waals surface area contributed by atoms with Gasteiger partial charge in [0.05, 0.1) is 11.0 Å². The fraction of sp³-hybridized carbons (Fsp3) is 0. The summed E-state index contributed by atoms with van der Waals surface area (Å²) < 4.78 is 2.48. The van der Waals surface area contributed by atoms with Crippen molar-refractivity contribution in [1.82, 2.24) is 4.57 Å². The number of aromatic nitrogens is 1. The molecule has 0 aliphatic rings. The molecule has 0 saturated carbocycles. The predicted molar refractivity (Wildman–Crippen MR) is 321 cm³/mol. The molecule has 0 amide bonds. The molecule has 0 atom stereocenters. The van der Waals surface area contributed by atoms with Crippen molar-refractivity contribution in [2.45, 2.75) is 0 Å². The first-order valence-corrected chi connectivity index (χ1v) is 25.8. The average Bonchev–Trinajstić information content (AvgIpc) is 3.84. The largest absolute Gasteiger partial charge is 0.310 e. The van der Waals surface area contributed by atoms with Crippen molar-refractivity contribution in [3.8, 4) is 16.8 Å². The summed E-state index contributed by atoms with van der Waals surface area (Å²) in [6.45, 7) is 0. The van der Waals surface area contributed by atoms with Gasteiger partial charge in [0.1, 0.15) is 0 Å². The first-order valence-electron chi connectivity index (χ1n) is 25.8. The van der Waals surface area contributed by atoms with Crippen LogP contribution in [0.3, 0.4) is 0 Å². The van der Waals surface area contributed by atoms with Crippen LogP contribution in [0, 0.1) is 0 Å². The van der Waals surface area contributed by atoms with E-state index in [1.807, 2.05) is 0 Å². The van der Waals surface area contributed by atoms with E-state index in [4.69, 9.17) is 0 Å². The summed E-state index contributed by atoms with van der Waals surface area (Å²) in [6, 6.07) is 105. The molecule has 0 unspecified atom stereocenters. The van der Waals surface area contributed by atoms with Crippen LogP contribution in [-0.2, 0) is 0 Å². The summed E-state index contributed by atoms with van der Waals surface area (Å²) in [5, 5.41) is 17.0. The minimum absolute atomic E-state index is 1.04. The standard InChI is InChI=1S/C72H47N3/c1-2-24-58(25-3-1)75-70-39-34-56(46-69(70)71-67-28-14-12-26-65(67)66-27-13-15-29-68(66)72(71)75)57-44-63(73(59-35-30-48-16-4-8-20-52(48)40-59)60-36-31-49-17-5-9-21-53(49)41-60)47-64(45-57)74(61-37-32-50-18-6-10-22-54(50)42-61)62-38-33-51-19-7-11-23-55(51)43-62/h1-47H. The van der Waals surface area contributed by atoms with Gasteiger partial charge in [-0.3, -0.25) is 0 Å². The molecule has 0 aliphatic carbocycles.